The molecule has 2 aliphatic rings. The van der Waals surface area contributed by atoms with Crippen molar-refractivity contribution < 1.29 is 0 Å². The van der Waals surface area contributed by atoms with E-state index in [0.717, 1.165) is 18.1 Å². The van der Waals surface area contributed by atoms with E-state index in [0.29, 0.717) is 10.5 Å². The zero-order chi connectivity index (χ0) is 7.68. The molecule has 2 aliphatic heterocycles. The van der Waals surface area contributed by atoms with Crippen LogP contribution in [0.2, 0.25) is 0 Å². The summed E-state index contributed by atoms with van der Waals surface area (Å²) in [4.78, 5) is 4.28. The van der Waals surface area contributed by atoms with Gasteiger partial charge in [-0.2, -0.15) is 11.8 Å². The fraction of sp³-hybridized carbons (Fsp3) is 0.571. The van der Waals surface area contributed by atoms with E-state index in [2.05, 4.69) is 16.5 Å². The third-order valence-corrected chi connectivity index (χ3v) is 4.33. The molecule has 0 saturated heterocycles. The number of fused-ring (bicyclic) bond motifs is 1. The van der Waals surface area contributed by atoms with Gasteiger partial charge in [0.15, 0.2) is 0 Å². The molecule has 0 aromatic heterocycles. The summed E-state index contributed by atoms with van der Waals surface area (Å²) >= 11 is 3.75. The summed E-state index contributed by atoms with van der Waals surface area (Å²) in [5, 5.41) is 3.13. The van der Waals surface area contributed by atoms with Gasteiger partial charge in [-0.3, -0.25) is 4.99 Å². The first-order valence-corrected chi connectivity index (χ1v) is 5.60. The van der Waals surface area contributed by atoms with E-state index in [1.807, 2.05) is 11.8 Å². The Labute approximate surface area is 74.7 Å². The predicted molar refractivity (Wildman–Crippen MR) is 53.3 cm³/mol. The lowest BCUT2D eigenvalue weighted by Crippen LogP contribution is -2.30. The molecule has 11 heavy (non-hydrogen) atoms. The van der Waals surface area contributed by atoms with Gasteiger partial charge in [-0.1, -0.05) is 6.08 Å². The minimum Gasteiger partial charge on any atom is -0.386 e. The Hall–Kier alpha value is -0.0900. The van der Waals surface area contributed by atoms with Gasteiger partial charge in [0.2, 0.25) is 0 Å². The van der Waals surface area contributed by atoms with Gasteiger partial charge in [0.05, 0.1) is 11.8 Å². The molecule has 4 heteroatoms. The fourth-order valence-corrected chi connectivity index (χ4v) is 3.61. The van der Waals surface area contributed by atoms with Gasteiger partial charge in [0.25, 0.3) is 0 Å². The highest BCUT2D eigenvalue weighted by molar-refractivity contribution is 8.06. The van der Waals surface area contributed by atoms with Crippen LogP contribution in [0.25, 0.3) is 0 Å². The average Bonchev–Trinajstić information content (AvgIpc) is 2.40. The zero-order valence-corrected chi connectivity index (χ0v) is 7.70. The van der Waals surface area contributed by atoms with Crippen molar-refractivity contribution in [3.63, 3.8) is 0 Å². The molecule has 0 aromatic rings. The molecule has 2 N–H and O–H groups in total. The van der Waals surface area contributed by atoms with Crippen LogP contribution in [0.1, 0.15) is 0 Å². The highest BCUT2D eigenvalue weighted by Gasteiger charge is 2.28. The molecule has 0 spiro atoms. The Kier molecular flexibility index (Phi) is 2.13. The summed E-state index contributed by atoms with van der Waals surface area (Å²) in [6, 6.07) is 0. The number of nitrogens with two attached hydrogens (primary N) is 1. The van der Waals surface area contributed by atoms with E-state index in [1.165, 1.54) is 0 Å². The SMILES string of the molecule is NC1=NCCSC2C=CSC12. The maximum absolute atomic E-state index is 5.80. The lowest BCUT2D eigenvalue weighted by atomic mass is 10.3. The predicted octanol–water partition coefficient (Wildman–Crippen LogP) is 1.09. The molecule has 0 fully saturated rings. The molecule has 0 amide bonds. The Morgan fingerprint density at radius 1 is 1.64 bits per heavy atom. The van der Waals surface area contributed by atoms with Crippen molar-refractivity contribution in [2.75, 3.05) is 12.3 Å². The molecule has 0 aromatic carbocycles. The number of amidine groups is 1. The molecule has 2 atom stereocenters. The van der Waals surface area contributed by atoms with Gasteiger partial charge in [0, 0.05) is 11.0 Å². The van der Waals surface area contributed by atoms with E-state index >= 15 is 0 Å². The van der Waals surface area contributed by atoms with Crippen molar-refractivity contribution in [2.24, 2.45) is 10.7 Å². The fourth-order valence-electron chi connectivity index (χ4n) is 1.22. The summed E-state index contributed by atoms with van der Waals surface area (Å²) in [7, 11) is 0. The summed E-state index contributed by atoms with van der Waals surface area (Å²) in [6.45, 7) is 0.887. The van der Waals surface area contributed by atoms with E-state index in [4.69, 9.17) is 5.73 Å². The van der Waals surface area contributed by atoms with Crippen molar-refractivity contribution in [3.05, 3.63) is 11.5 Å². The Balaban J connectivity index is 2.18. The summed E-state index contributed by atoms with van der Waals surface area (Å²) in [5.74, 6) is 1.93. The molecule has 2 nitrogen and oxygen atoms in total. The third kappa shape index (κ3) is 1.42. The largest absolute Gasteiger partial charge is 0.386 e. The Bertz CT molecular complexity index is 212. The number of hydrogen-bond acceptors (Lipinski definition) is 4. The summed E-state index contributed by atoms with van der Waals surface area (Å²) in [5.41, 5.74) is 5.80. The average molecular weight is 186 g/mol. The second kappa shape index (κ2) is 3.11. The first-order chi connectivity index (χ1) is 5.38. The standard InChI is InChI=1S/C7H10N2S2/c8-7-6-5(1-3-11-6)10-4-2-9-7/h1,3,5-6H,2,4H2,(H2,8,9). The molecule has 60 valence electrons. The van der Waals surface area contributed by atoms with E-state index in [1.54, 1.807) is 11.8 Å². The third-order valence-electron chi connectivity index (χ3n) is 1.78. The number of rotatable bonds is 0. The quantitative estimate of drug-likeness (QED) is 0.615. The van der Waals surface area contributed by atoms with Crippen molar-refractivity contribution in [1.82, 2.24) is 0 Å². The second-order valence-electron chi connectivity index (χ2n) is 2.53. The highest BCUT2D eigenvalue weighted by Crippen LogP contribution is 2.34. The smallest absolute Gasteiger partial charge is 0.109 e. The van der Waals surface area contributed by atoms with Gasteiger partial charge in [-0.25, -0.2) is 0 Å². The van der Waals surface area contributed by atoms with E-state index < -0.39 is 0 Å². The minimum absolute atomic E-state index is 0.419. The van der Waals surface area contributed by atoms with Gasteiger partial charge in [0.1, 0.15) is 5.84 Å². The molecular formula is C7H10N2S2. The molecular weight excluding hydrogens is 176 g/mol. The second-order valence-corrected chi connectivity index (χ2v) is 4.87. The van der Waals surface area contributed by atoms with Gasteiger partial charge >= 0.3 is 0 Å². The maximum atomic E-state index is 5.80. The van der Waals surface area contributed by atoms with Crippen LogP contribution in [0.3, 0.4) is 0 Å². The van der Waals surface area contributed by atoms with Crippen LogP contribution in [-0.2, 0) is 0 Å². The minimum atomic E-state index is 0.419. The highest BCUT2D eigenvalue weighted by atomic mass is 32.2. The number of aliphatic imine (C=N–C) groups is 1. The van der Waals surface area contributed by atoms with Crippen molar-refractivity contribution in [3.8, 4) is 0 Å². The molecule has 2 rings (SSSR count). The molecule has 0 saturated carbocycles. The number of thioether (sulfide) groups is 2. The van der Waals surface area contributed by atoms with Crippen LogP contribution in [0.4, 0.5) is 0 Å². The van der Waals surface area contributed by atoms with Crippen molar-refractivity contribution in [1.29, 1.82) is 0 Å². The summed E-state index contributed by atoms with van der Waals surface area (Å²) in [6.07, 6.45) is 2.23. The van der Waals surface area contributed by atoms with E-state index in [-0.39, 0.29) is 0 Å². The topological polar surface area (TPSA) is 38.4 Å². The molecule has 2 heterocycles. The van der Waals surface area contributed by atoms with Crippen LogP contribution < -0.4 is 5.73 Å². The molecule has 0 radical (unpaired) electrons. The van der Waals surface area contributed by atoms with Gasteiger partial charge in [-0.05, 0) is 5.41 Å². The van der Waals surface area contributed by atoms with Crippen LogP contribution >= 0.6 is 23.5 Å². The molecule has 0 aliphatic carbocycles. The van der Waals surface area contributed by atoms with E-state index in [9.17, 15) is 0 Å². The van der Waals surface area contributed by atoms with Crippen LogP contribution in [0, 0.1) is 0 Å². The van der Waals surface area contributed by atoms with Crippen LogP contribution in [0.15, 0.2) is 16.5 Å². The molecule has 2 unspecified atom stereocenters. The monoisotopic (exact) mass is 186 g/mol. The van der Waals surface area contributed by atoms with Crippen molar-refractivity contribution >= 4 is 29.4 Å². The van der Waals surface area contributed by atoms with Crippen LogP contribution in [-0.4, -0.2) is 28.6 Å². The van der Waals surface area contributed by atoms with Gasteiger partial charge < -0.3 is 5.73 Å². The number of hydrogen-bond donors (Lipinski definition) is 1. The zero-order valence-electron chi connectivity index (χ0n) is 6.06. The lowest BCUT2D eigenvalue weighted by molar-refractivity contribution is 1.11. The Morgan fingerprint density at radius 2 is 2.55 bits per heavy atom. The normalized spacial score (nSPS) is 36.2. The lowest BCUT2D eigenvalue weighted by Gasteiger charge is -2.13. The Morgan fingerprint density at radius 3 is 3.45 bits per heavy atom. The number of nitrogens with zero attached hydrogens (tertiary/aromatic N) is 1. The first kappa shape index (κ1) is 7.55. The first-order valence-electron chi connectivity index (χ1n) is 3.61. The van der Waals surface area contributed by atoms with Gasteiger partial charge in [-0.15, -0.1) is 11.8 Å². The van der Waals surface area contributed by atoms with Crippen molar-refractivity contribution in [2.45, 2.75) is 10.5 Å². The summed E-state index contributed by atoms with van der Waals surface area (Å²) < 4.78 is 0. The maximum Gasteiger partial charge on any atom is 0.109 e. The molecule has 0 bridgehead atoms. The van der Waals surface area contributed by atoms with Crippen LogP contribution in [0.5, 0.6) is 0 Å².